The Morgan fingerprint density at radius 1 is 1.15 bits per heavy atom. The first-order valence-corrected chi connectivity index (χ1v) is 4.15. The number of nitrogens with zero attached hydrogens (tertiary/aromatic N) is 3. The van der Waals surface area contributed by atoms with Crippen molar-refractivity contribution in [1.29, 1.82) is 0 Å². The summed E-state index contributed by atoms with van der Waals surface area (Å²) in [6.07, 6.45) is 5.47. The second-order valence-corrected chi connectivity index (χ2v) is 2.85. The molecule has 1 rings (SSSR count). The number of hydrogen-bond acceptors (Lipinski definition) is 2. The minimum Gasteiger partial charge on any atom is -0.369 e. The highest BCUT2D eigenvalue weighted by Gasteiger charge is 2.04. The predicted molar refractivity (Wildman–Crippen MR) is 57.0 cm³/mol. The molecule has 1 heterocycles. The van der Waals surface area contributed by atoms with Crippen molar-refractivity contribution in [3.63, 3.8) is 0 Å². The van der Waals surface area contributed by atoms with E-state index >= 15 is 0 Å². The molecule has 0 saturated carbocycles. The molecule has 13 heavy (non-hydrogen) atoms. The zero-order chi connectivity index (χ0) is 8.81. The van der Waals surface area contributed by atoms with Crippen molar-refractivity contribution in [2.45, 2.75) is 19.3 Å². The summed E-state index contributed by atoms with van der Waals surface area (Å²) in [4.78, 5) is 2.12. The zero-order valence-electron chi connectivity index (χ0n) is 7.52. The first-order valence-electron chi connectivity index (χ1n) is 4.15. The molecule has 1 fully saturated rings. The lowest BCUT2D eigenvalue weighted by Crippen LogP contribution is -2.28. The summed E-state index contributed by atoms with van der Waals surface area (Å²) < 4.78 is 0. The van der Waals surface area contributed by atoms with Crippen molar-refractivity contribution in [1.82, 2.24) is 4.90 Å². The summed E-state index contributed by atoms with van der Waals surface area (Å²) in [5, 5.41) is 7.25. The molecule has 0 bridgehead atoms. The molecule has 0 aromatic carbocycles. The Labute approximate surface area is 84.3 Å². The molecule has 0 aromatic heterocycles. The van der Waals surface area contributed by atoms with Crippen LogP contribution in [0.3, 0.4) is 0 Å². The van der Waals surface area contributed by atoms with Gasteiger partial charge in [0, 0.05) is 13.1 Å². The highest BCUT2D eigenvalue weighted by molar-refractivity contribution is 5.85. The van der Waals surface area contributed by atoms with E-state index in [-0.39, 0.29) is 18.4 Å². The van der Waals surface area contributed by atoms with Crippen LogP contribution in [0.5, 0.6) is 0 Å². The van der Waals surface area contributed by atoms with Gasteiger partial charge in [-0.3, -0.25) is 0 Å². The molecule has 0 amide bonds. The molecule has 5 nitrogen and oxygen atoms in total. The van der Waals surface area contributed by atoms with Gasteiger partial charge in [0.15, 0.2) is 0 Å². The number of halogens is 1. The van der Waals surface area contributed by atoms with Crippen LogP contribution < -0.4 is 11.5 Å². The lowest BCUT2D eigenvalue weighted by atomic mass is 10.1. The normalized spacial score (nSPS) is 16.8. The van der Waals surface area contributed by atoms with Gasteiger partial charge in [-0.05, 0) is 19.3 Å². The number of hydrogen-bond donors (Lipinski definition) is 2. The Morgan fingerprint density at radius 2 is 1.77 bits per heavy atom. The summed E-state index contributed by atoms with van der Waals surface area (Å²) >= 11 is 0. The first-order chi connectivity index (χ1) is 5.79. The summed E-state index contributed by atoms with van der Waals surface area (Å²) in [6, 6.07) is 0. The van der Waals surface area contributed by atoms with Crippen LogP contribution in [0.2, 0.25) is 0 Å². The molecule has 76 valence electrons. The lowest BCUT2D eigenvalue weighted by Gasteiger charge is -2.23. The second kappa shape index (κ2) is 6.54. The Morgan fingerprint density at radius 3 is 2.31 bits per heavy atom. The number of nitrogens with two attached hydrogens (primary N) is 2. The van der Waals surface area contributed by atoms with Crippen molar-refractivity contribution < 1.29 is 0 Å². The summed E-state index contributed by atoms with van der Waals surface area (Å²) in [5.74, 6) is 0.00302. The van der Waals surface area contributed by atoms with E-state index in [0.717, 1.165) is 13.1 Å². The van der Waals surface area contributed by atoms with Crippen LogP contribution in [0.1, 0.15) is 19.3 Å². The Bertz CT molecular complexity index is 181. The lowest BCUT2D eigenvalue weighted by molar-refractivity contribution is 0.350. The van der Waals surface area contributed by atoms with E-state index in [2.05, 4.69) is 15.1 Å². The molecular formula is C7H16ClN5. The maximum atomic E-state index is 5.10. The van der Waals surface area contributed by atoms with Crippen LogP contribution >= 0.6 is 12.4 Å². The maximum Gasteiger partial charge on any atom is 0.211 e. The average molecular weight is 206 g/mol. The monoisotopic (exact) mass is 205 g/mol. The quantitative estimate of drug-likeness (QED) is 0.382. The SMILES string of the molecule is Cl.NC(N)=N/N=C/N1CCCCC1. The summed E-state index contributed by atoms with van der Waals surface area (Å²) in [5.41, 5.74) is 10.2. The summed E-state index contributed by atoms with van der Waals surface area (Å²) in [6.45, 7) is 2.12. The fourth-order valence-electron chi connectivity index (χ4n) is 1.20. The third kappa shape index (κ3) is 5.30. The summed E-state index contributed by atoms with van der Waals surface area (Å²) in [7, 11) is 0. The first kappa shape index (κ1) is 12.0. The predicted octanol–water partition coefficient (Wildman–Crippen LogP) is 0.111. The Balaban J connectivity index is 0.00000144. The minimum absolute atomic E-state index is 0. The highest BCUT2D eigenvalue weighted by atomic mass is 35.5. The molecule has 4 N–H and O–H groups in total. The van der Waals surface area contributed by atoms with Gasteiger partial charge in [-0.2, -0.15) is 0 Å². The average Bonchev–Trinajstić information content (AvgIpc) is 2.05. The molecular weight excluding hydrogens is 190 g/mol. The van der Waals surface area contributed by atoms with Crippen LogP contribution in [-0.4, -0.2) is 30.3 Å². The van der Waals surface area contributed by atoms with E-state index in [1.807, 2.05) is 0 Å². The highest BCUT2D eigenvalue weighted by Crippen LogP contribution is 2.05. The molecule has 1 aliphatic heterocycles. The van der Waals surface area contributed by atoms with E-state index in [9.17, 15) is 0 Å². The maximum absolute atomic E-state index is 5.10. The standard InChI is InChI=1S/C7H15N5.ClH/c8-7(9)11-10-6-12-4-2-1-3-5-12;/h6H,1-5H2,(H4,8,9,11);1H/b10-6+;. The van der Waals surface area contributed by atoms with Gasteiger partial charge >= 0.3 is 0 Å². The van der Waals surface area contributed by atoms with Crippen molar-refractivity contribution >= 4 is 24.7 Å². The molecule has 6 heteroatoms. The van der Waals surface area contributed by atoms with Crippen LogP contribution in [-0.2, 0) is 0 Å². The largest absolute Gasteiger partial charge is 0.369 e. The van der Waals surface area contributed by atoms with Gasteiger partial charge in [-0.1, -0.05) is 0 Å². The third-order valence-electron chi connectivity index (χ3n) is 1.78. The van der Waals surface area contributed by atoms with Gasteiger partial charge in [-0.15, -0.1) is 22.6 Å². The molecule has 0 atom stereocenters. The van der Waals surface area contributed by atoms with E-state index in [1.54, 1.807) is 6.34 Å². The molecule has 0 unspecified atom stereocenters. The fourth-order valence-corrected chi connectivity index (χ4v) is 1.20. The van der Waals surface area contributed by atoms with Crippen LogP contribution in [0.4, 0.5) is 0 Å². The van der Waals surface area contributed by atoms with Crippen LogP contribution in [0, 0.1) is 0 Å². The number of likely N-dealkylation sites (tertiary alicyclic amines) is 1. The van der Waals surface area contributed by atoms with Crippen molar-refractivity contribution in [3.8, 4) is 0 Å². The van der Waals surface area contributed by atoms with Gasteiger partial charge in [0.25, 0.3) is 0 Å². The van der Waals surface area contributed by atoms with Crippen molar-refractivity contribution in [3.05, 3.63) is 0 Å². The van der Waals surface area contributed by atoms with E-state index in [1.165, 1.54) is 19.3 Å². The fraction of sp³-hybridized carbons (Fsp3) is 0.714. The number of piperidine rings is 1. The second-order valence-electron chi connectivity index (χ2n) is 2.85. The van der Waals surface area contributed by atoms with Crippen LogP contribution in [0.15, 0.2) is 10.2 Å². The van der Waals surface area contributed by atoms with E-state index < -0.39 is 0 Å². The Kier molecular flexibility index (Phi) is 6.05. The van der Waals surface area contributed by atoms with Gasteiger partial charge in [0.1, 0.15) is 6.34 Å². The molecule has 0 aromatic rings. The molecule has 0 aliphatic carbocycles. The van der Waals surface area contributed by atoms with Crippen LogP contribution in [0.25, 0.3) is 0 Å². The molecule has 1 aliphatic rings. The van der Waals surface area contributed by atoms with Crippen molar-refractivity contribution in [2.24, 2.45) is 21.7 Å². The molecule has 0 spiro atoms. The smallest absolute Gasteiger partial charge is 0.211 e. The van der Waals surface area contributed by atoms with Crippen molar-refractivity contribution in [2.75, 3.05) is 13.1 Å². The number of guanidine groups is 1. The third-order valence-corrected chi connectivity index (χ3v) is 1.78. The zero-order valence-corrected chi connectivity index (χ0v) is 8.33. The molecule has 0 radical (unpaired) electrons. The number of rotatable bonds is 2. The van der Waals surface area contributed by atoms with E-state index in [0.29, 0.717) is 0 Å². The van der Waals surface area contributed by atoms with E-state index in [4.69, 9.17) is 11.5 Å². The molecule has 1 saturated heterocycles. The minimum atomic E-state index is 0. The van der Waals surface area contributed by atoms with Gasteiger partial charge in [0.05, 0.1) is 0 Å². The topological polar surface area (TPSA) is 80.0 Å². The van der Waals surface area contributed by atoms with Gasteiger partial charge in [-0.25, -0.2) is 0 Å². The Hall–Kier alpha value is -0.970. The van der Waals surface area contributed by atoms with Gasteiger partial charge < -0.3 is 16.4 Å². The van der Waals surface area contributed by atoms with Gasteiger partial charge in [0.2, 0.25) is 5.96 Å².